The van der Waals surface area contributed by atoms with Gasteiger partial charge in [-0.2, -0.15) is 5.26 Å². The molecule has 0 aliphatic rings. The maximum atomic E-state index is 13.7. The van der Waals surface area contributed by atoms with E-state index in [1.54, 1.807) is 18.2 Å². The van der Waals surface area contributed by atoms with Crippen molar-refractivity contribution in [2.24, 2.45) is 5.73 Å². The summed E-state index contributed by atoms with van der Waals surface area (Å²) in [5, 5.41) is 8.68. The molecular formula is C13H18FN3. The van der Waals surface area contributed by atoms with E-state index in [-0.39, 0.29) is 17.9 Å². The summed E-state index contributed by atoms with van der Waals surface area (Å²) < 4.78 is 13.7. The van der Waals surface area contributed by atoms with Crippen molar-refractivity contribution in [1.82, 2.24) is 4.90 Å². The van der Waals surface area contributed by atoms with Crippen molar-refractivity contribution in [1.29, 1.82) is 5.26 Å². The molecule has 0 aromatic heterocycles. The van der Waals surface area contributed by atoms with Crippen LogP contribution in [0.5, 0.6) is 0 Å². The second-order valence-electron chi connectivity index (χ2n) is 4.15. The van der Waals surface area contributed by atoms with Crippen molar-refractivity contribution >= 4 is 0 Å². The van der Waals surface area contributed by atoms with Gasteiger partial charge < -0.3 is 5.73 Å². The number of halogens is 1. The molecule has 0 saturated carbocycles. The van der Waals surface area contributed by atoms with Crippen molar-refractivity contribution in [3.05, 3.63) is 35.6 Å². The fraction of sp³-hybridized carbons (Fsp3) is 0.462. The Bertz CT molecular complexity index is 400. The third-order valence-electron chi connectivity index (χ3n) is 3.06. The number of nitrogens with zero attached hydrogens (tertiary/aromatic N) is 2. The van der Waals surface area contributed by atoms with Crippen molar-refractivity contribution in [2.45, 2.75) is 25.4 Å². The number of nitriles is 1. The largest absolute Gasteiger partial charge is 0.329 e. The van der Waals surface area contributed by atoms with E-state index in [0.29, 0.717) is 18.5 Å². The van der Waals surface area contributed by atoms with Crippen LogP contribution in [0.1, 0.15) is 24.9 Å². The Balaban J connectivity index is 2.92. The molecule has 0 radical (unpaired) electrons. The van der Waals surface area contributed by atoms with Crippen LogP contribution in [0.3, 0.4) is 0 Å². The van der Waals surface area contributed by atoms with Gasteiger partial charge in [-0.1, -0.05) is 18.2 Å². The quantitative estimate of drug-likeness (QED) is 0.850. The molecule has 2 unspecified atom stereocenters. The van der Waals surface area contributed by atoms with Gasteiger partial charge in [0, 0.05) is 24.2 Å². The molecule has 0 aliphatic carbocycles. The van der Waals surface area contributed by atoms with Crippen molar-refractivity contribution in [2.75, 3.05) is 13.6 Å². The average Bonchev–Trinajstić information content (AvgIpc) is 2.32. The molecule has 2 N–H and O–H groups in total. The van der Waals surface area contributed by atoms with E-state index < -0.39 is 0 Å². The van der Waals surface area contributed by atoms with E-state index in [9.17, 15) is 4.39 Å². The lowest BCUT2D eigenvalue weighted by Gasteiger charge is -2.31. The third kappa shape index (κ3) is 3.26. The van der Waals surface area contributed by atoms with Crippen LogP contribution in [0, 0.1) is 17.1 Å². The topological polar surface area (TPSA) is 53.0 Å². The number of hydrogen-bond donors (Lipinski definition) is 1. The summed E-state index contributed by atoms with van der Waals surface area (Å²) in [6.45, 7) is 2.26. The molecule has 3 nitrogen and oxygen atoms in total. The summed E-state index contributed by atoms with van der Waals surface area (Å²) >= 11 is 0. The summed E-state index contributed by atoms with van der Waals surface area (Å²) in [6.07, 6.45) is 0.404. The molecule has 92 valence electrons. The van der Waals surface area contributed by atoms with Crippen molar-refractivity contribution < 1.29 is 4.39 Å². The van der Waals surface area contributed by atoms with Gasteiger partial charge in [-0.3, -0.25) is 4.90 Å². The number of benzene rings is 1. The highest BCUT2D eigenvalue weighted by Crippen LogP contribution is 2.23. The van der Waals surface area contributed by atoms with Crippen LogP contribution >= 0.6 is 0 Å². The van der Waals surface area contributed by atoms with Gasteiger partial charge in [0.05, 0.1) is 12.5 Å². The fourth-order valence-corrected chi connectivity index (χ4v) is 1.84. The monoisotopic (exact) mass is 235 g/mol. The third-order valence-corrected chi connectivity index (χ3v) is 3.06. The highest BCUT2D eigenvalue weighted by atomic mass is 19.1. The lowest BCUT2D eigenvalue weighted by Crippen LogP contribution is -2.37. The van der Waals surface area contributed by atoms with Crippen LogP contribution in [0.4, 0.5) is 4.39 Å². The first-order chi connectivity index (χ1) is 8.11. The first-order valence-electron chi connectivity index (χ1n) is 5.65. The Morgan fingerprint density at radius 2 is 2.12 bits per heavy atom. The van der Waals surface area contributed by atoms with E-state index >= 15 is 0 Å². The molecule has 0 saturated heterocycles. The number of hydrogen-bond acceptors (Lipinski definition) is 3. The average molecular weight is 235 g/mol. The van der Waals surface area contributed by atoms with Crippen LogP contribution in [0.25, 0.3) is 0 Å². The van der Waals surface area contributed by atoms with Gasteiger partial charge in [0.2, 0.25) is 0 Å². The SMILES string of the molecule is CC(CC#N)N(C)C(CN)c1ccccc1F. The zero-order valence-corrected chi connectivity index (χ0v) is 10.2. The molecule has 0 aliphatic heterocycles. The van der Waals surface area contributed by atoms with Crippen LogP contribution in [-0.2, 0) is 0 Å². The molecule has 4 heteroatoms. The number of nitrogens with two attached hydrogens (primary N) is 1. The smallest absolute Gasteiger partial charge is 0.128 e. The van der Waals surface area contributed by atoms with Gasteiger partial charge in [-0.05, 0) is 20.0 Å². The minimum absolute atomic E-state index is 0.0492. The van der Waals surface area contributed by atoms with E-state index in [1.165, 1.54) is 6.07 Å². The highest BCUT2D eigenvalue weighted by Gasteiger charge is 2.22. The van der Waals surface area contributed by atoms with Crippen LogP contribution < -0.4 is 5.73 Å². The molecule has 1 aromatic rings. The summed E-state index contributed by atoms with van der Waals surface area (Å²) in [7, 11) is 1.87. The van der Waals surface area contributed by atoms with E-state index in [2.05, 4.69) is 6.07 Å². The highest BCUT2D eigenvalue weighted by molar-refractivity contribution is 5.21. The Labute approximate surface area is 102 Å². The van der Waals surface area contributed by atoms with Crippen molar-refractivity contribution in [3.63, 3.8) is 0 Å². The minimum atomic E-state index is -0.251. The molecule has 0 fully saturated rings. The summed E-state index contributed by atoms with van der Waals surface area (Å²) in [5.74, 6) is -0.251. The first kappa shape index (κ1) is 13.6. The zero-order chi connectivity index (χ0) is 12.8. The van der Waals surface area contributed by atoms with Crippen LogP contribution in [-0.4, -0.2) is 24.5 Å². The Morgan fingerprint density at radius 1 is 1.47 bits per heavy atom. The second kappa shape index (κ2) is 6.33. The molecule has 0 spiro atoms. The lowest BCUT2D eigenvalue weighted by molar-refractivity contribution is 0.187. The molecule has 2 atom stereocenters. The minimum Gasteiger partial charge on any atom is -0.329 e. The van der Waals surface area contributed by atoms with Gasteiger partial charge in [0.25, 0.3) is 0 Å². The first-order valence-corrected chi connectivity index (χ1v) is 5.65. The van der Waals surface area contributed by atoms with Gasteiger partial charge >= 0.3 is 0 Å². The van der Waals surface area contributed by atoms with E-state index in [0.717, 1.165) is 0 Å². The Hall–Kier alpha value is -1.44. The van der Waals surface area contributed by atoms with Crippen LogP contribution in [0.2, 0.25) is 0 Å². The molecule has 1 aromatic carbocycles. The molecular weight excluding hydrogens is 217 g/mol. The number of likely N-dealkylation sites (N-methyl/N-ethyl adjacent to an activating group) is 1. The van der Waals surface area contributed by atoms with Gasteiger partial charge in [-0.25, -0.2) is 4.39 Å². The maximum Gasteiger partial charge on any atom is 0.128 e. The molecule has 0 bridgehead atoms. The van der Waals surface area contributed by atoms with E-state index in [4.69, 9.17) is 11.0 Å². The predicted octanol–water partition coefficient (Wildman–Crippen LogP) is 2.06. The number of rotatable bonds is 5. The van der Waals surface area contributed by atoms with Crippen LogP contribution in [0.15, 0.2) is 24.3 Å². The molecule has 0 amide bonds. The maximum absolute atomic E-state index is 13.7. The molecule has 1 rings (SSSR count). The van der Waals surface area contributed by atoms with Crippen molar-refractivity contribution in [3.8, 4) is 6.07 Å². The fourth-order valence-electron chi connectivity index (χ4n) is 1.84. The lowest BCUT2D eigenvalue weighted by atomic mass is 10.0. The Morgan fingerprint density at radius 3 is 2.65 bits per heavy atom. The molecule has 0 heterocycles. The Kier molecular flexibility index (Phi) is 5.08. The summed E-state index contributed by atoms with van der Waals surface area (Å²) in [5.41, 5.74) is 6.30. The predicted molar refractivity (Wildman–Crippen MR) is 65.7 cm³/mol. The van der Waals surface area contributed by atoms with Gasteiger partial charge in [-0.15, -0.1) is 0 Å². The van der Waals surface area contributed by atoms with E-state index in [1.807, 2.05) is 18.9 Å². The molecule has 17 heavy (non-hydrogen) atoms. The second-order valence-corrected chi connectivity index (χ2v) is 4.15. The zero-order valence-electron chi connectivity index (χ0n) is 10.2. The normalized spacial score (nSPS) is 14.4. The van der Waals surface area contributed by atoms with Gasteiger partial charge in [0.1, 0.15) is 5.82 Å². The summed E-state index contributed by atoms with van der Waals surface area (Å²) in [6, 6.07) is 8.59. The summed E-state index contributed by atoms with van der Waals surface area (Å²) in [4.78, 5) is 1.95. The van der Waals surface area contributed by atoms with Gasteiger partial charge in [0.15, 0.2) is 0 Å². The standard InChI is InChI=1S/C13H18FN3/c1-10(7-8-15)17(2)13(9-16)11-5-3-4-6-12(11)14/h3-6,10,13H,7,9,16H2,1-2H3.